The van der Waals surface area contributed by atoms with E-state index in [0.717, 1.165) is 26.1 Å². The summed E-state index contributed by atoms with van der Waals surface area (Å²) in [6.07, 6.45) is 1.96. The fraction of sp³-hybridized carbons (Fsp3) is 0.889. The van der Waals surface area contributed by atoms with Gasteiger partial charge in [0.1, 0.15) is 0 Å². The molecule has 0 rings (SSSR count). The molecular formula is C9H18O3. The van der Waals surface area contributed by atoms with E-state index in [4.69, 9.17) is 9.84 Å². The predicted octanol–water partition coefficient (Wildman–Crippen LogP) is 1.91. The van der Waals surface area contributed by atoms with Gasteiger partial charge in [0.15, 0.2) is 0 Å². The molecule has 3 heteroatoms. The molecule has 0 aromatic rings. The third kappa shape index (κ3) is 7.54. The molecule has 1 N–H and O–H groups in total. The van der Waals surface area contributed by atoms with Gasteiger partial charge in [0, 0.05) is 19.6 Å². The third-order valence-corrected chi connectivity index (χ3v) is 1.69. The van der Waals surface area contributed by atoms with Crippen molar-refractivity contribution in [2.45, 2.75) is 33.1 Å². The second-order valence-electron chi connectivity index (χ2n) is 3.05. The van der Waals surface area contributed by atoms with Crippen LogP contribution in [-0.4, -0.2) is 24.3 Å². The highest BCUT2D eigenvalue weighted by Crippen LogP contribution is 2.07. The number of ether oxygens (including phenoxy) is 1. The van der Waals surface area contributed by atoms with Crippen molar-refractivity contribution in [2.75, 3.05) is 13.2 Å². The Hall–Kier alpha value is -0.570. The van der Waals surface area contributed by atoms with Gasteiger partial charge in [0.25, 0.3) is 0 Å². The first-order valence-corrected chi connectivity index (χ1v) is 4.46. The molecule has 1 unspecified atom stereocenters. The van der Waals surface area contributed by atoms with Crippen LogP contribution >= 0.6 is 0 Å². The van der Waals surface area contributed by atoms with Crippen molar-refractivity contribution in [1.29, 1.82) is 0 Å². The van der Waals surface area contributed by atoms with E-state index in [1.807, 2.05) is 6.92 Å². The average Bonchev–Trinajstić information content (AvgIpc) is 2.00. The van der Waals surface area contributed by atoms with Crippen molar-refractivity contribution in [3.8, 4) is 0 Å². The summed E-state index contributed by atoms with van der Waals surface area (Å²) in [5.41, 5.74) is 0. The highest BCUT2D eigenvalue weighted by atomic mass is 16.5. The molecule has 0 aliphatic heterocycles. The zero-order valence-corrected chi connectivity index (χ0v) is 7.88. The van der Waals surface area contributed by atoms with Crippen LogP contribution < -0.4 is 0 Å². The summed E-state index contributed by atoms with van der Waals surface area (Å²) in [5, 5.41) is 8.37. The van der Waals surface area contributed by atoms with Gasteiger partial charge in [-0.05, 0) is 25.7 Å². The molecule has 72 valence electrons. The van der Waals surface area contributed by atoms with Gasteiger partial charge in [-0.25, -0.2) is 0 Å². The third-order valence-electron chi connectivity index (χ3n) is 1.69. The van der Waals surface area contributed by atoms with Crippen LogP contribution in [0, 0.1) is 5.92 Å². The molecule has 12 heavy (non-hydrogen) atoms. The van der Waals surface area contributed by atoms with Crippen LogP contribution in [0.25, 0.3) is 0 Å². The predicted molar refractivity (Wildman–Crippen MR) is 47.1 cm³/mol. The van der Waals surface area contributed by atoms with Gasteiger partial charge in [0.2, 0.25) is 0 Å². The number of carboxylic acid groups (broad SMARTS) is 1. The van der Waals surface area contributed by atoms with Gasteiger partial charge >= 0.3 is 5.97 Å². The molecule has 0 saturated carbocycles. The van der Waals surface area contributed by atoms with Gasteiger partial charge in [-0.1, -0.05) is 6.92 Å². The van der Waals surface area contributed by atoms with Gasteiger partial charge < -0.3 is 9.84 Å². The SMILES string of the molecule is CCOCC(C)CCCC(=O)O. The Labute approximate surface area is 73.7 Å². The van der Waals surface area contributed by atoms with E-state index in [2.05, 4.69) is 6.92 Å². The standard InChI is InChI=1S/C9H18O3/c1-3-12-7-8(2)5-4-6-9(10)11/h8H,3-7H2,1-2H3,(H,10,11). The minimum absolute atomic E-state index is 0.274. The molecule has 0 aliphatic carbocycles. The number of hydrogen-bond donors (Lipinski definition) is 1. The fourth-order valence-electron chi connectivity index (χ4n) is 1.00. The lowest BCUT2D eigenvalue weighted by atomic mass is 10.1. The number of aliphatic carboxylic acids is 1. The van der Waals surface area contributed by atoms with E-state index in [1.165, 1.54) is 0 Å². The first kappa shape index (κ1) is 11.4. The highest BCUT2D eigenvalue weighted by molar-refractivity contribution is 5.66. The second-order valence-corrected chi connectivity index (χ2v) is 3.05. The Morgan fingerprint density at radius 2 is 2.25 bits per heavy atom. The van der Waals surface area contributed by atoms with Crippen LogP contribution in [0.5, 0.6) is 0 Å². The van der Waals surface area contributed by atoms with Crippen molar-refractivity contribution in [1.82, 2.24) is 0 Å². The minimum atomic E-state index is -0.710. The van der Waals surface area contributed by atoms with Crippen molar-refractivity contribution < 1.29 is 14.6 Å². The van der Waals surface area contributed by atoms with Crippen LogP contribution in [0.2, 0.25) is 0 Å². The number of rotatable bonds is 7. The molecule has 0 fully saturated rings. The molecule has 0 aromatic heterocycles. The quantitative estimate of drug-likeness (QED) is 0.641. The Morgan fingerprint density at radius 1 is 1.58 bits per heavy atom. The Balaban J connectivity index is 3.19. The van der Waals surface area contributed by atoms with Gasteiger partial charge in [-0.15, -0.1) is 0 Å². The first-order valence-electron chi connectivity index (χ1n) is 4.46. The molecule has 0 aromatic carbocycles. The lowest BCUT2D eigenvalue weighted by molar-refractivity contribution is -0.137. The Morgan fingerprint density at radius 3 is 2.75 bits per heavy atom. The van der Waals surface area contributed by atoms with E-state index in [1.54, 1.807) is 0 Å². The number of carbonyl (C=O) groups is 1. The molecule has 0 amide bonds. The monoisotopic (exact) mass is 174 g/mol. The Kier molecular flexibility index (Phi) is 6.76. The van der Waals surface area contributed by atoms with E-state index in [9.17, 15) is 4.79 Å². The average molecular weight is 174 g/mol. The smallest absolute Gasteiger partial charge is 0.303 e. The van der Waals surface area contributed by atoms with Crippen molar-refractivity contribution in [3.05, 3.63) is 0 Å². The van der Waals surface area contributed by atoms with E-state index >= 15 is 0 Å². The fourth-order valence-corrected chi connectivity index (χ4v) is 1.00. The maximum absolute atomic E-state index is 10.2. The first-order chi connectivity index (χ1) is 5.66. The molecule has 0 saturated heterocycles. The molecule has 0 heterocycles. The van der Waals surface area contributed by atoms with Gasteiger partial charge in [0.05, 0.1) is 0 Å². The number of hydrogen-bond acceptors (Lipinski definition) is 2. The zero-order valence-electron chi connectivity index (χ0n) is 7.88. The van der Waals surface area contributed by atoms with Gasteiger partial charge in [-0.2, -0.15) is 0 Å². The summed E-state index contributed by atoms with van der Waals surface area (Å²) in [5.74, 6) is -0.233. The second kappa shape index (κ2) is 7.10. The van der Waals surface area contributed by atoms with Crippen LogP contribution in [0.1, 0.15) is 33.1 Å². The normalized spacial score (nSPS) is 12.8. The van der Waals surface area contributed by atoms with Crippen LogP contribution in [-0.2, 0) is 9.53 Å². The van der Waals surface area contributed by atoms with Crippen molar-refractivity contribution in [3.63, 3.8) is 0 Å². The summed E-state index contributed by atoms with van der Waals surface area (Å²) in [6, 6.07) is 0. The summed E-state index contributed by atoms with van der Waals surface area (Å²) < 4.78 is 5.21. The maximum atomic E-state index is 10.2. The summed E-state index contributed by atoms with van der Waals surface area (Å²) in [6.45, 7) is 5.53. The largest absolute Gasteiger partial charge is 0.481 e. The van der Waals surface area contributed by atoms with Gasteiger partial charge in [-0.3, -0.25) is 4.79 Å². The lowest BCUT2D eigenvalue weighted by Crippen LogP contribution is -2.06. The van der Waals surface area contributed by atoms with Crippen molar-refractivity contribution in [2.24, 2.45) is 5.92 Å². The molecule has 1 atom stereocenters. The minimum Gasteiger partial charge on any atom is -0.481 e. The lowest BCUT2D eigenvalue weighted by Gasteiger charge is -2.09. The summed E-state index contributed by atoms with van der Waals surface area (Å²) in [4.78, 5) is 10.2. The molecule has 0 aliphatic rings. The highest BCUT2D eigenvalue weighted by Gasteiger charge is 2.03. The van der Waals surface area contributed by atoms with E-state index in [0.29, 0.717) is 5.92 Å². The van der Waals surface area contributed by atoms with Crippen molar-refractivity contribution >= 4 is 5.97 Å². The maximum Gasteiger partial charge on any atom is 0.303 e. The number of carboxylic acids is 1. The molecule has 0 bridgehead atoms. The Bertz CT molecular complexity index is 123. The van der Waals surface area contributed by atoms with E-state index < -0.39 is 5.97 Å². The molecular weight excluding hydrogens is 156 g/mol. The van der Waals surface area contributed by atoms with E-state index in [-0.39, 0.29) is 6.42 Å². The zero-order chi connectivity index (χ0) is 9.40. The van der Waals surface area contributed by atoms with Crippen LogP contribution in [0.4, 0.5) is 0 Å². The summed E-state index contributed by atoms with van der Waals surface area (Å²) >= 11 is 0. The molecule has 0 spiro atoms. The van der Waals surface area contributed by atoms with Crippen LogP contribution in [0.15, 0.2) is 0 Å². The van der Waals surface area contributed by atoms with Crippen LogP contribution in [0.3, 0.4) is 0 Å². The summed E-state index contributed by atoms with van der Waals surface area (Å²) in [7, 11) is 0. The molecule has 3 nitrogen and oxygen atoms in total. The topological polar surface area (TPSA) is 46.5 Å². The molecule has 0 radical (unpaired) electrons.